The molecule has 130 valence electrons. The summed E-state index contributed by atoms with van der Waals surface area (Å²) in [6, 6.07) is 14.7. The summed E-state index contributed by atoms with van der Waals surface area (Å²) in [5.41, 5.74) is 2.45. The van der Waals surface area contributed by atoms with E-state index in [9.17, 15) is 9.59 Å². The van der Waals surface area contributed by atoms with Crippen LogP contribution in [0, 0.1) is 0 Å². The molecule has 0 aromatic heterocycles. The van der Waals surface area contributed by atoms with Crippen molar-refractivity contribution in [3.05, 3.63) is 54.1 Å². The third-order valence-corrected chi connectivity index (χ3v) is 3.92. The zero-order chi connectivity index (χ0) is 17.6. The van der Waals surface area contributed by atoms with E-state index < -0.39 is 0 Å². The maximum Gasteiger partial charge on any atom is 0.321 e. The van der Waals surface area contributed by atoms with E-state index in [4.69, 9.17) is 4.74 Å². The number of nitrogens with one attached hydrogen (secondary N) is 2. The number of hydrogen-bond donors (Lipinski definition) is 2. The zero-order valence-corrected chi connectivity index (χ0v) is 14.1. The molecule has 0 radical (unpaired) electrons. The highest BCUT2D eigenvalue weighted by molar-refractivity contribution is 5.95. The molecule has 0 aliphatic carbocycles. The van der Waals surface area contributed by atoms with E-state index in [1.807, 2.05) is 43.3 Å². The van der Waals surface area contributed by atoms with Gasteiger partial charge in [0.15, 0.2) is 0 Å². The van der Waals surface area contributed by atoms with Gasteiger partial charge in [-0.1, -0.05) is 12.1 Å². The van der Waals surface area contributed by atoms with Crippen molar-refractivity contribution in [3.63, 3.8) is 0 Å². The van der Waals surface area contributed by atoms with Crippen molar-refractivity contribution >= 4 is 23.3 Å². The maximum absolute atomic E-state index is 12.2. The molecule has 1 fully saturated rings. The van der Waals surface area contributed by atoms with Crippen LogP contribution in [0.3, 0.4) is 0 Å². The lowest BCUT2D eigenvalue weighted by molar-refractivity contribution is -0.115. The Morgan fingerprint density at radius 3 is 2.48 bits per heavy atom. The topological polar surface area (TPSA) is 70.7 Å². The minimum Gasteiger partial charge on any atom is -0.494 e. The molecule has 6 nitrogen and oxygen atoms in total. The number of ether oxygens (including phenoxy) is 1. The lowest BCUT2D eigenvalue weighted by atomic mass is 10.1. The Bertz CT molecular complexity index is 742. The van der Waals surface area contributed by atoms with Crippen LogP contribution >= 0.6 is 0 Å². The summed E-state index contributed by atoms with van der Waals surface area (Å²) >= 11 is 0. The molecule has 3 amide bonds. The lowest BCUT2D eigenvalue weighted by Gasteiger charge is -2.14. The first-order valence-electron chi connectivity index (χ1n) is 8.32. The van der Waals surface area contributed by atoms with Crippen LogP contribution < -0.4 is 20.3 Å². The molecule has 0 saturated carbocycles. The monoisotopic (exact) mass is 339 g/mol. The van der Waals surface area contributed by atoms with Crippen molar-refractivity contribution in [1.29, 1.82) is 0 Å². The Morgan fingerprint density at radius 1 is 1.16 bits per heavy atom. The maximum atomic E-state index is 12.2. The molecule has 2 aromatic rings. The van der Waals surface area contributed by atoms with Crippen LogP contribution in [0.15, 0.2) is 48.5 Å². The summed E-state index contributed by atoms with van der Waals surface area (Å²) < 4.78 is 5.39. The minimum atomic E-state index is -0.0905. The molecule has 2 aromatic carbocycles. The van der Waals surface area contributed by atoms with Gasteiger partial charge in [-0.15, -0.1) is 0 Å². The fourth-order valence-electron chi connectivity index (χ4n) is 2.70. The first-order valence-corrected chi connectivity index (χ1v) is 8.32. The van der Waals surface area contributed by atoms with Gasteiger partial charge in [0, 0.05) is 24.5 Å². The summed E-state index contributed by atoms with van der Waals surface area (Å²) in [5.74, 6) is 0.712. The average molecular weight is 339 g/mol. The Kier molecular flexibility index (Phi) is 5.18. The highest BCUT2D eigenvalue weighted by Gasteiger charge is 2.20. The number of rotatable bonds is 6. The summed E-state index contributed by atoms with van der Waals surface area (Å²) in [6.45, 7) is 3.86. The number of urea groups is 1. The van der Waals surface area contributed by atoms with Crippen LogP contribution in [0.2, 0.25) is 0 Å². The molecule has 1 aliphatic heterocycles. The van der Waals surface area contributed by atoms with E-state index in [1.54, 1.807) is 17.0 Å². The smallest absolute Gasteiger partial charge is 0.321 e. The minimum absolute atomic E-state index is 0.0872. The number of benzene rings is 2. The van der Waals surface area contributed by atoms with Gasteiger partial charge < -0.3 is 15.4 Å². The normalized spacial score (nSPS) is 13.5. The average Bonchev–Trinajstić information content (AvgIpc) is 3.03. The second-order valence-corrected chi connectivity index (χ2v) is 5.73. The fraction of sp³-hybridized carbons (Fsp3) is 0.263. The van der Waals surface area contributed by atoms with E-state index in [2.05, 4.69) is 10.6 Å². The predicted octanol–water partition coefficient (Wildman–Crippen LogP) is 2.80. The first-order chi connectivity index (χ1) is 12.2. The number of anilines is 2. The van der Waals surface area contributed by atoms with Gasteiger partial charge in [-0.2, -0.15) is 0 Å². The first kappa shape index (κ1) is 16.8. The molecule has 0 atom stereocenters. The van der Waals surface area contributed by atoms with Crippen molar-refractivity contribution in [3.8, 4) is 5.75 Å². The van der Waals surface area contributed by atoms with Gasteiger partial charge in [0.25, 0.3) is 0 Å². The Labute approximate surface area is 146 Å². The van der Waals surface area contributed by atoms with E-state index in [0.29, 0.717) is 31.8 Å². The molecule has 25 heavy (non-hydrogen) atoms. The van der Waals surface area contributed by atoms with Crippen molar-refractivity contribution in [2.24, 2.45) is 0 Å². The van der Waals surface area contributed by atoms with Crippen LogP contribution in [0.1, 0.15) is 12.5 Å². The Hall–Kier alpha value is -3.02. The molecule has 1 heterocycles. The quantitative estimate of drug-likeness (QED) is 0.850. The molecule has 2 N–H and O–H groups in total. The van der Waals surface area contributed by atoms with Crippen LogP contribution in [0.25, 0.3) is 0 Å². The van der Waals surface area contributed by atoms with Gasteiger partial charge in [0.2, 0.25) is 5.91 Å². The molecule has 1 aliphatic rings. The highest BCUT2D eigenvalue weighted by Crippen LogP contribution is 2.20. The zero-order valence-electron chi connectivity index (χ0n) is 14.1. The van der Waals surface area contributed by atoms with Crippen molar-refractivity contribution < 1.29 is 14.3 Å². The summed E-state index contributed by atoms with van der Waals surface area (Å²) in [6.07, 6.45) is 0.294. The lowest BCUT2D eigenvalue weighted by Crippen LogP contribution is -2.27. The van der Waals surface area contributed by atoms with Crippen LogP contribution in [0.4, 0.5) is 16.2 Å². The molecule has 0 bridgehead atoms. The van der Waals surface area contributed by atoms with Crippen LogP contribution in [-0.2, 0) is 11.2 Å². The van der Waals surface area contributed by atoms with E-state index in [0.717, 1.165) is 17.0 Å². The van der Waals surface area contributed by atoms with Gasteiger partial charge in [-0.3, -0.25) is 9.69 Å². The summed E-state index contributed by atoms with van der Waals surface area (Å²) in [7, 11) is 0. The number of carbonyl (C=O) groups excluding carboxylic acids is 2. The van der Waals surface area contributed by atoms with E-state index >= 15 is 0 Å². The van der Waals surface area contributed by atoms with Crippen molar-refractivity contribution in [2.45, 2.75) is 13.3 Å². The van der Waals surface area contributed by atoms with Crippen molar-refractivity contribution in [2.75, 3.05) is 29.9 Å². The number of nitrogens with zero attached hydrogens (tertiary/aromatic N) is 1. The SMILES string of the molecule is CCOc1ccc(CC(=O)Nc2ccc(N3CCNC3=O)cc2)cc1. The van der Waals surface area contributed by atoms with Crippen LogP contribution in [0.5, 0.6) is 5.75 Å². The fourth-order valence-corrected chi connectivity index (χ4v) is 2.70. The second kappa shape index (κ2) is 7.70. The third kappa shape index (κ3) is 4.29. The highest BCUT2D eigenvalue weighted by atomic mass is 16.5. The van der Waals surface area contributed by atoms with Crippen molar-refractivity contribution in [1.82, 2.24) is 5.32 Å². The number of hydrogen-bond acceptors (Lipinski definition) is 3. The van der Waals surface area contributed by atoms with Gasteiger partial charge in [0.1, 0.15) is 5.75 Å². The summed E-state index contributed by atoms with van der Waals surface area (Å²) in [4.78, 5) is 25.5. The van der Waals surface area contributed by atoms with E-state index in [-0.39, 0.29) is 11.9 Å². The predicted molar refractivity (Wildman–Crippen MR) is 97.1 cm³/mol. The molecule has 0 spiro atoms. The standard InChI is InChI=1S/C19H21N3O3/c1-2-25-17-9-3-14(4-10-17)13-18(23)21-15-5-7-16(8-6-15)22-12-11-20-19(22)24/h3-10H,2,11-13H2,1H3,(H,20,24)(H,21,23). The van der Waals surface area contributed by atoms with Gasteiger partial charge in [-0.05, 0) is 48.9 Å². The van der Waals surface area contributed by atoms with Gasteiger partial charge in [0.05, 0.1) is 13.0 Å². The Morgan fingerprint density at radius 2 is 1.88 bits per heavy atom. The summed E-state index contributed by atoms with van der Waals surface area (Å²) in [5, 5.41) is 5.63. The van der Waals surface area contributed by atoms with Crippen LogP contribution in [-0.4, -0.2) is 31.6 Å². The molecule has 6 heteroatoms. The number of amides is 3. The molecular weight excluding hydrogens is 318 g/mol. The van der Waals surface area contributed by atoms with Gasteiger partial charge >= 0.3 is 6.03 Å². The molecular formula is C19H21N3O3. The second-order valence-electron chi connectivity index (χ2n) is 5.73. The van der Waals surface area contributed by atoms with Gasteiger partial charge in [-0.25, -0.2) is 4.79 Å². The third-order valence-electron chi connectivity index (χ3n) is 3.92. The molecule has 3 rings (SSSR count). The number of carbonyl (C=O) groups is 2. The van der Waals surface area contributed by atoms with E-state index in [1.165, 1.54) is 0 Å². The molecule has 1 saturated heterocycles. The largest absolute Gasteiger partial charge is 0.494 e. The molecule has 0 unspecified atom stereocenters. The Balaban J connectivity index is 1.56.